The van der Waals surface area contributed by atoms with Crippen molar-refractivity contribution >= 4 is 5.91 Å². The molecule has 2 rings (SSSR count). The van der Waals surface area contributed by atoms with Gasteiger partial charge in [-0.25, -0.2) is 0 Å². The summed E-state index contributed by atoms with van der Waals surface area (Å²) in [5.74, 6) is 0.0810. The second kappa shape index (κ2) is 6.61. The van der Waals surface area contributed by atoms with Crippen LogP contribution < -0.4 is 5.32 Å². The van der Waals surface area contributed by atoms with Gasteiger partial charge in [0, 0.05) is 18.2 Å². The Morgan fingerprint density at radius 1 is 1.24 bits per heavy atom. The van der Waals surface area contributed by atoms with Gasteiger partial charge in [-0.05, 0) is 82.8 Å². The monoisotopic (exact) mass is 288 g/mol. The highest BCUT2D eigenvalue weighted by molar-refractivity contribution is 5.97. The molecule has 1 atom stereocenters. The van der Waals surface area contributed by atoms with Crippen LogP contribution in [0.3, 0.4) is 0 Å². The topological polar surface area (TPSA) is 32.3 Å². The van der Waals surface area contributed by atoms with Crippen LogP contribution in [0.5, 0.6) is 0 Å². The van der Waals surface area contributed by atoms with Gasteiger partial charge in [0.05, 0.1) is 0 Å². The summed E-state index contributed by atoms with van der Waals surface area (Å²) in [6.07, 6.45) is 3.59. The number of carbonyl (C=O) groups is 1. The minimum atomic E-state index is 0.0810. The normalized spacial score (nSPS) is 19.0. The molecule has 1 amide bonds. The van der Waals surface area contributed by atoms with E-state index in [1.54, 1.807) is 0 Å². The van der Waals surface area contributed by atoms with Crippen molar-refractivity contribution in [2.24, 2.45) is 0 Å². The molecule has 1 N–H and O–H groups in total. The van der Waals surface area contributed by atoms with Crippen molar-refractivity contribution in [2.75, 3.05) is 20.1 Å². The standard InChI is InChI=1S/C18H28N2O/c1-12-11-13(2)15(4)17(14(12)3)18(21)19-9-8-16-7-6-10-20(16)5/h11,16H,6-10H2,1-5H3,(H,19,21). The van der Waals surface area contributed by atoms with Gasteiger partial charge in [-0.2, -0.15) is 0 Å². The number of hydrogen-bond acceptors (Lipinski definition) is 2. The van der Waals surface area contributed by atoms with Gasteiger partial charge in [0.15, 0.2) is 0 Å². The van der Waals surface area contributed by atoms with Crippen molar-refractivity contribution in [3.63, 3.8) is 0 Å². The molecule has 0 radical (unpaired) electrons. The number of aryl methyl sites for hydroxylation is 2. The first kappa shape index (κ1) is 16.0. The predicted molar refractivity (Wildman–Crippen MR) is 88.0 cm³/mol. The number of rotatable bonds is 4. The van der Waals surface area contributed by atoms with Gasteiger partial charge in [-0.1, -0.05) is 6.07 Å². The third-order valence-corrected chi connectivity index (χ3v) is 5.03. The molecule has 1 unspecified atom stereocenters. The smallest absolute Gasteiger partial charge is 0.251 e. The van der Waals surface area contributed by atoms with E-state index in [9.17, 15) is 4.79 Å². The highest BCUT2D eigenvalue weighted by Crippen LogP contribution is 2.22. The first-order valence-corrected chi connectivity index (χ1v) is 7.97. The van der Waals surface area contributed by atoms with Crippen molar-refractivity contribution < 1.29 is 4.79 Å². The van der Waals surface area contributed by atoms with E-state index in [-0.39, 0.29) is 5.91 Å². The summed E-state index contributed by atoms with van der Waals surface area (Å²) in [7, 11) is 2.18. The molecule has 0 aromatic heterocycles. The lowest BCUT2D eigenvalue weighted by atomic mass is 9.93. The molecule has 0 aliphatic carbocycles. The van der Waals surface area contributed by atoms with Crippen LogP contribution in [-0.4, -0.2) is 37.0 Å². The summed E-state index contributed by atoms with van der Waals surface area (Å²) >= 11 is 0. The van der Waals surface area contributed by atoms with E-state index in [0.717, 1.165) is 29.7 Å². The molecule has 1 heterocycles. The predicted octanol–water partition coefficient (Wildman–Crippen LogP) is 3.13. The molecule has 116 valence electrons. The Balaban J connectivity index is 2.01. The second-order valence-electron chi connectivity index (χ2n) is 6.46. The summed E-state index contributed by atoms with van der Waals surface area (Å²) < 4.78 is 0. The van der Waals surface area contributed by atoms with Crippen molar-refractivity contribution in [3.8, 4) is 0 Å². The van der Waals surface area contributed by atoms with Gasteiger partial charge in [0.1, 0.15) is 0 Å². The lowest BCUT2D eigenvalue weighted by molar-refractivity contribution is 0.0949. The third kappa shape index (κ3) is 3.46. The lowest BCUT2D eigenvalue weighted by Gasteiger charge is -2.20. The first-order valence-electron chi connectivity index (χ1n) is 7.97. The average molecular weight is 288 g/mol. The summed E-state index contributed by atoms with van der Waals surface area (Å²) in [5.41, 5.74) is 5.46. The summed E-state index contributed by atoms with van der Waals surface area (Å²) in [6, 6.07) is 2.79. The van der Waals surface area contributed by atoms with Crippen molar-refractivity contribution in [2.45, 2.75) is 53.0 Å². The number of nitrogens with one attached hydrogen (secondary N) is 1. The van der Waals surface area contributed by atoms with Crippen LogP contribution >= 0.6 is 0 Å². The minimum absolute atomic E-state index is 0.0810. The fourth-order valence-corrected chi connectivity index (χ4v) is 3.34. The Bertz CT molecular complexity index is 510. The number of carbonyl (C=O) groups excluding carboxylic acids is 1. The fourth-order valence-electron chi connectivity index (χ4n) is 3.34. The maximum absolute atomic E-state index is 12.5. The molecule has 0 spiro atoms. The molecule has 1 aromatic carbocycles. The van der Waals surface area contributed by atoms with E-state index in [4.69, 9.17) is 0 Å². The van der Waals surface area contributed by atoms with Gasteiger partial charge in [0.25, 0.3) is 5.91 Å². The molecular weight excluding hydrogens is 260 g/mol. The molecule has 1 aliphatic heterocycles. The second-order valence-corrected chi connectivity index (χ2v) is 6.46. The Labute approximate surface area is 128 Å². The van der Waals surface area contributed by atoms with E-state index in [1.165, 1.54) is 30.5 Å². The first-order chi connectivity index (χ1) is 9.91. The van der Waals surface area contributed by atoms with Gasteiger partial charge in [-0.15, -0.1) is 0 Å². The Morgan fingerprint density at radius 3 is 2.38 bits per heavy atom. The van der Waals surface area contributed by atoms with Crippen LogP contribution in [-0.2, 0) is 0 Å². The molecule has 21 heavy (non-hydrogen) atoms. The van der Waals surface area contributed by atoms with E-state index in [1.807, 2.05) is 13.8 Å². The largest absolute Gasteiger partial charge is 0.352 e. The molecule has 0 bridgehead atoms. The number of amides is 1. The van der Waals surface area contributed by atoms with Crippen LogP contribution in [0.15, 0.2) is 6.07 Å². The van der Waals surface area contributed by atoms with Crippen LogP contribution in [0.4, 0.5) is 0 Å². The van der Waals surface area contributed by atoms with E-state index in [2.05, 4.69) is 37.2 Å². The van der Waals surface area contributed by atoms with E-state index < -0.39 is 0 Å². The van der Waals surface area contributed by atoms with Crippen LogP contribution in [0.1, 0.15) is 51.9 Å². The lowest BCUT2D eigenvalue weighted by Crippen LogP contribution is -2.32. The zero-order chi connectivity index (χ0) is 15.6. The summed E-state index contributed by atoms with van der Waals surface area (Å²) in [6.45, 7) is 10.2. The average Bonchev–Trinajstić information content (AvgIpc) is 2.83. The third-order valence-electron chi connectivity index (χ3n) is 5.03. The molecule has 1 aromatic rings. The zero-order valence-corrected chi connectivity index (χ0v) is 14.0. The molecule has 0 saturated carbocycles. The Kier molecular flexibility index (Phi) is 5.04. The zero-order valence-electron chi connectivity index (χ0n) is 14.0. The van der Waals surface area contributed by atoms with E-state index in [0.29, 0.717) is 6.04 Å². The maximum atomic E-state index is 12.5. The van der Waals surface area contributed by atoms with Crippen molar-refractivity contribution in [1.29, 1.82) is 0 Å². The minimum Gasteiger partial charge on any atom is -0.352 e. The molecular formula is C18H28N2O. The molecule has 1 aliphatic rings. The van der Waals surface area contributed by atoms with Crippen LogP contribution in [0.25, 0.3) is 0 Å². The molecule has 1 saturated heterocycles. The Hall–Kier alpha value is -1.35. The van der Waals surface area contributed by atoms with E-state index >= 15 is 0 Å². The molecule has 3 heteroatoms. The fraction of sp³-hybridized carbons (Fsp3) is 0.611. The summed E-state index contributed by atoms with van der Waals surface area (Å²) in [5, 5.41) is 3.12. The van der Waals surface area contributed by atoms with Crippen LogP contribution in [0, 0.1) is 27.7 Å². The SMILES string of the molecule is Cc1cc(C)c(C)c(C(=O)NCCC2CCCN2C)c1C. The van der Waals surface area contributed by atoms with Gasteiger partial charge in [-0.3, -0.25) is 4.79 Å². The number of hydrogen-bond donors (Lipinski definition) is 1. The van der Waals surface area contributed by atoms with Crippen molar-refractivity contribution in [1.82, 2.24) is 10.2 Å². The maximum Gasteiger partial charge on any atom is 0.251 e. The molecule has 3 nitrogen and oxygen atoms in total. The number of nitrogens with zero attached hydrogens (tertiary/aromatic N) is 1. The quantitative estimate of drug-likeness (QED) is 0.923. The van der Waals surface area contributed by atoms with Gasteiger partial charge < -0.3 is 10.2 Å². The van der Waals surface area contributed by atoms with Gasteiger partial charge in [0.2, 0.25) is 0 Å². The number of likely N-dealkylation sites (tertiary alicyclic amines) is 1. The van der Waals surface area contributed by atoms with Gasteiger partial charge >= 0.3 is 0 Å². The number of benzene rings is 1. The highest BCUT2D eigenvalue weighted by Gasteiger charge is 2.21. The summed E-state index contributed by atoms with van der Waals surface area (Å²) in [4.78, 5) is 14.9. The van der Waals surface area contributed by atoms with Crippen molar-refractivity contribution in [3.05, 3.63) is 33.9 Å². The molecule has 1 fully saturated rings. The highest BCUT2D eigenvalue weighted by atomic mass is 16.1. The van der Waals surface area contributed by atoms with Crippen LogP contribution in [0.2, 0.25) is 0 Å². The Morgan fingerprint density at radius 2 is 1.86 bits per heavy atom.